The predicted octanol–water partition coefficient (Wildman–Crippen LogP) is 4.73. The molecule has 6 heteroatoms. The number of allylic oxidation sites excluding steroid dienone is 3. The van der Waals surface area contributed by atoms with E-state index in [0.29, 0.717) is 46.9 Å². The van der Waals surface area contributed by atoms with Gasteiger partial charge in [-0.2, -0.15) is 5.26 Å². The Morgan fingerprint density at radius 2 is 1.93 bits per heavy atom. The van der Waals surface area contributed by atoms with Gasteiger partial charge in [0.25, 0.3) is 0 Å². The maximum Gasteiger partial charge on any atom is 0.205 e. The van der Waals surface area contributed by atoms with Crippen LogP contribution in [0, 0.1) is 11.3 Å². The van der Waals surface area contributed by atoms with Gasteiger partial charge in [0.05, 0.1) is 5.92 Å². The number of para-hydroxylation sites is 1. The summed E-state index contributed by atoms with van der Waals surface area (Å²) < 4.78 is 11.7. The van der Waals surface area contributed by atoms with Crippen molar-refractivity contribution in [3.05, 3.63) is 87.5 Å². The number of hydrogen-bond donors (Lipinski definition) is 1. The molecule has 0 aromatic heterocycles. The molecule has 0 radical (unpaired) electrons. The Kier molecular flexibility index (Phi) is 5.28. The summed E-state index contributed by atoms with van der Waals surface area (Å²) in [6.07, 6.45) is 1.77. The van der Waals surface area contributed by atoms with Gasteiger partial charge in [-0.1, -0.05) is 48.0 Å². The quantitative estimate of drug-likeness (QED) is 0.792. The SMILES string of the molecule is N#CC1=C(N)OC2=C(C(=O)CCC2)C1c1ccccc1OCc1ccccc1Cl. The highest BCUT2D eigenvalue weighted by atomic mass is 35.5. The van der Waals surface area contributed by atoms with E-state index in [1.54, 1.807) is 6.07 Å². The molecule has 146 valence electrons. The van der Waals surface area contributed by atoms with Crippen molar-refractivity contribution < 1.29 is 14.3 Å². The number of nitriles is 1. The summed E-state index contributed by atoms with van der Waals surface area (Å²) >= 11 is 6.24. The average molecular weight is 407 g/mol. The molecule has 4 rings (SSSR count). The van der Waals surface area contributed by atoms with Crippen LogP contribution in [0.25, 0.3) is 0 Å². The van der Waals surface area contributed by atoms with Gasteiger partial charge in [-0.15, -0.1) is 0 Å². The fraction of sp³-hybridized carbons (Fsp3) is 0.217. The second-order valence-corrected chi connectivity index (χ2v) is 7.36. The zero-order valence-corrected chi connectivity index (χ0v) is 16.4. The van der Waals surface area contributed by atoms with Crippen LogP contribution < -0.4 is 10.5 Å². The van der Waals surface area contributed by atoms with Crippen molar-refractivity contribution in [2.75, 3.05) is 0 Å². The maximum absolute atomic E-state index is 12.7. The summed E-state index contributed by atoms with van der Waals surface area (Å²) in [6, 6.07) is 17.0. The van der Waals surface area contributed by atoms with E-state index in [2.05, 4.69) is 6.07 Å². The van der Waals surface area contributed by atoms with Crippen molar-refractivity contribution >= 4 is 17.4 Å². The average Bonchev–Trinajstić information content (AvgIpc) is 2.73. The molecule has 29 heavy (non-hydrogen) atoms. The van der Waals surface area contributed by atoms with E-state index >= 15 is 0 Å². The zero-order chi connectivity index (χ0) is 20.4. The summed E-state index contributed by atoms with van der Waals surface area (Å²) in [4.78, 5) is 12.7. The second kappa shape index (κ2) is 8.02. The lowest BCUT2D eigenvalue weighted by Gasteiger charge is -2.31. The molecule has 5 nitrogen and oxygen atoms in total. The van der Waals surface area contributed by atoms with Gasteiger partial charge in [-0.3, -0.25) is 4.79 Å². The molecule has 2 aromatic carbocycles. The van der Waals surface area contributed by atoms with Crippen molar-refractivity contribution in [2.45, 2.75) is 31.8 Å². The number of halogens is 1. The minimum atomic E-state index is -0.598. The Bertz CT molecular complexity index is 1080. The van der Waals surface area contributed by atoms with Gasteiger partial charge < -0.3 is 15.2 Å². The lowest BCUT2D eigenvalue weighted by atomic mass is 9.77. The molecule has 1 aliphatic heterocycles. The van der Waals surface area contributed by atoms with E-state index < -0.39 is 5.92 Å². The van der Waals surface area contributed by atoms with E-state index in [4.69, 9.17) is 26.8 Å². The molecule has 0 saturated carbocycles. The van der Waals surface area contributed by atoms with Crippen molar-refractivity contribution in [3.8, 4) is 11.8 Å². The van der Waals surface area contributed by atoms with Gasteiger partial charge in [0, 0.05) is 34.6 Å². The van der Waals surface area contributed by atoms with Gasteiger partial charge in [0.15, 0.2) is 5.78 Å². The third-order valence-electron chi connectivity index (χ3n) is 5.18. The van der Waals surface area contributed by atoms with Gasteiger partial charge >= 0.3 is 0 Å². The smallest absolute Gasteiger partial charge is 0.205 e. The van der Waals surface area contributed by atoms with Gasteiger partial charge in [-0.05, 0) is 18.6 Å². The summed E-state index contributed by atoms with van der Waals surface area (Å²) in [5.41, 5.74) is 8.34. The zero-order valence-electron chi connectivity index (χ0n) is 15.7. The fourth-order valence-corrected chi connectivity index (χ4v) is 3.98. The number of hydrogen-bond acceptors (Lipinski definition) is 5. The molecule has 1 aliphatic carbocycles. The Labute approximate surface area is 174 Å². The third kappa shape index (κ3) is 3.59. The summed E-state index contributed by atoms with van der Waals surface area (Å²) in [5, 5.41) is 10.4. The molecule has 0 amide bonds. The normalized spacial score (nSPS) is 18.8. The van der Waals surface area contributed by atoms with Crippen LogP contribution in [-0.4, -0.2) is 5.78 Å². The number of ether oxygens (including phenoxy) is 2. The molecular weight excluding hydrogens is 388 g/mol. The molecular formula is C23H19ClN2O3. The number of benzene rings is 2. The Balaban J connectivity index is 1.76. The van der Waals surface area contributed by atoms with Crippen LogP contribution >= 0.6 is 11.6 Å². The number of nitrogens with zero attached hydrogens (tertiary/aromatic N) is 1. The molecule has 0 spiro atoms. The highest BCUT2D eigenvalue weighted by Crippen LogP contribution is 2.45. The molecule has 0 bridgehead atoms. The highest BCUT2D eigenvalue weighted by Gasteiger charge is 2.39. The van der Waals surface area contributed by atoms with Crippen molar-refractivity contribution in [3.63, 3.8) is 0 Å². The minimum Gasteiger partial charge on any atom is -0.489 e. The first-order valence-corrected chi connectivity index (χ1v) is 9.77. The first-order valence-electron chi connectivity index (χ1n) is 9.39. The first kappa shape index (κ1) is 19.1. The molecule has 2 N–H and O–H groups in total. The number of rotatable bonds is 4. The standard InChI is InChI=1S/C23H19ClN2O3/c24-17-8-3-1-6-14(17)13-28-19-10-4-2-7-15(19)21-16(12-25)23(26)29-20-11-5-9-18(27)22(20)21/h1-4,6-8,10,21H,5,9,11,13,26H2. The summed E-state index contributed by atoms with van der Waals surface area (Å²) in [7, 11) is 0. The van der Waals surface area contributed by atoms with E-state index in [-0.39, 0.29) is 23.8 Å². The third-order valence-corrected chi connectivity index (χ3v) is 5.54. The summed E-state index contributed by atoms with van der Waals surface area (Å²) in [5.74, 6) is 0.567. The molecule has 0 saturated heterocycles. The Hall–Kier alpha value is -3.23. The topological polar surface area (TPSA) is 85.3 Å². The van der Waals surface area contributed by atoms with E-state index in [1.165, 1.54) is 0 Å². The van der Waals surface area contributed by atoms with Crippen molar-refractivity contribution in [2.24, 2.45) is 5.73 Å². The van der Waals surface area contributed by atoms with Crippen LogP contribution in [0.1, 0.15) is 36.3 Å². The lowest BCUT2D eigenvalue weighted by Crippen LogP contribution is -2.27. The van der Waals surface area contributed by atoms with Gasteiger partial charge in [0.1, 0.15) is 29.8 Å². The van der Waals surface area contributed by atoms with Crippen LogP contribution in [-0.2, 0) is 16.1 Å². The number of ketones is 1. The molecule has 1 atom stereocenters. The molecule has 2 aromatic rings. The highest BCUT2D eigenvalue weighted by molar-refractivity contribution is 6.31. The Morgan fingerprint density at radius 3 is 2.72 bits per heavy atom. The van der Waals surface area contributed by atoms with E-state index in [9.17, 15) is 10.1 Å². The predicted molar refractivity (Wildman–Crippen MR) is 109 cm³/mol. The number of carbonyl (C=O) groups excluding carboxylic acids is 1. The van der Waals surface area contributed by atoms with E-state index in [1.807, 2.05) is 42.5 Å². The van der Waals surface area contributed by atoms with Crippen molar-refractivity contribution in [1.29, 1.82) is 5.26 Å². The lowest BCUT2D eigenvalue weighted by molar-refractivity contribution is -0.116. The number of nitrogens with two attached hydrogens (primary N) is 1. The first-order chi connectivity index (χ1) is 14.1. The minimum absolute atomic E-state index is 0.0163. The van der Waals surface area contributed by atoms with Crippen molar-refractivity contribution in [1.82, 2.24) is 0 Å². The van der Waals surface area contributed by atoms with Crippen LogP contribution in [0.2, 0.25) is 5.02 Å². The largest absolute Gasteiger partial charge is 0.489 e. The Morgan fingerprint density at radius 1 is 1.17 bits per heavy atom. The molecule has 1 heterocycles. The van der Waals surface area contributed by atoms with E-state index in [0.717, 1.165) is 5.56 Å². The van der Waals surface area contributed by atoms with Crippen LogP contribution in [0.3, 0.4) is 0 Å². The van der Waals surface area contributed by atoms with Gasteiger partial charge in [0.2, 0.25) is 5.88 Å². The van der Waals surface area contributed by atoms with Crippen LogP contribution in [0.5, 0.6) is 5.75 Å². The molecule has 2 aliphatic rings. The maximum atomic E-state index is 12.7. The van der Waals surface area contributed by atoms with Crippen LogP contribution in [0.4, 0.5) is 0 Å². The summed E-state index contributed by atoms with van der Waals surface area (Å²) in [6.45, 7) is 0.265. The molecule has 0 fully saturated rings. The van der Waals surface area contributed by atoms with Gasteiger partial charge in [-0.25, -0.2) is 0 Å². The number of carbonyl (C=O) groups is 1. The second-order valence-electron chi connectivity index (χ2n) is 6.96. The fourth-order valence-electron chi connectivity index (χ4n) is 3.79. The number of Topliss-reactive ketones (excluding diaryl/α,β-unsaturated/α-hetero) is 1. The monoisotopic (exact) mass is 406 g/mol. The molecule has 1 unspecified atom stereocenters. The van der Waals surface area contributed by atoms with Crippen LogP contribution in [0.15, 0.2) is 71.3 Å².